The van der Waals surface area contributed by atoms with Gasteiger partial charge in [0, 0.05) is 16.5 Å². The van der Waals surface area contributed by atoms with E-state index in [2.05, 4.69) is 26.2 Å². The molecule has 3 rings (SSSR count). The number of hydrogen-bond donors (Lipinski definition) is 3. The van der Waals surface area contributed by atoms with E-state index < -0.39 is 6.10 Å². The Morgan fingerprint density at radius 1 is 1.33 bits per heavy atom. The summed E-state index contributed by atoms with van der Waals surface area (Å²) < 4.78 is 6.56. The highest BCUT2D eigenvalue weighted by Gasteiger charge is 2.21. The summed E-state index contributed by atoms with van der Waals surface area (Å²) in [6.45, 7) is 0.850. The zero-order valence-corrected chi connectivity index (χ0v) is 14.7. The molecule has 1 unspecified atom stereocenters. The third-order valence-electron chi connectivity index (χ3n) is 3.95. The van der Waals surface area contributed by atoms with E-state index in [9.17, 15) is 5.11 Å². The maximum atomic E-state index is 10.2. The van der Waals surface area contributed by atoms with Gasteiger partial charge < -0.3 is 20.9 Å². The van der Waals surface area contributed by atoms with Crippen LogP contribution in [0.3, 0.4) is 0 Å². The maximum absolute atomic E-state index is 10.2. The van der Waals surface area contributed by atoms with Crippen molar-refractivity contribution in [2.75, 3.05) is 13.2 Å². The van der Waals surface area contributed by atoms with Crippen molar-refractivity contribution in [3.05, 3.63) is 64.1 Å². The van der Waals surface area contributed by atoms with E-state index >= 15 is 0 Å². The third-order valence-corrected chi connectivity index (χ3v) is 4.44. The second-order valence-electron chi connectivity index (χ2n) is 5.67. The Bertz CT molecular complexity index is 736. The molecule has 1 aliphatic rings. The van der Waals surface area contributed by atoms with Crippen LogP contribution in [0.2, 0.25) is 0 Å². The Labute approximate surface area is 149 Å². The number of benzene rings is 2. The molecule has 4 N–H and O–H groups in total. The lowest BCUT2D eigenvalue weighted by Crippen LogP contribution is -2.37. The minimum absolute atomic E-state index is 0.0710. The molecule has 0 saturated carbocycles. The fourth-order valence-corrected chi connectivity index (χ4v) is 3.14. The van der Waals surface area contributed by atoms with Crippen molar-refractivity contribution < 1.29 is 9.84 Å². The highest BCUT2D eigenvalue weighted by molar-refractivity contribution is 9.10. The molecule has 0 fully saturated rings. The van der Waals surface area contributed by atoms with Gasteiger partial charge in [0.25, 0.3) is 0 Å². The van der Waals surface area contributed by atoms with Crippen molar-refractivity contribution in [3.63, 3.8) is 0 Å². The predicted molar refractivity (Wildman–Crippen MR) is 98.0 cm³/mol. The van der Waals surface area contributed by atoms with E-state index in [1.807, 2.05) is 48.5 Å². The van der Waals surface area contributed by atoms with Crippen LogP contribution < -0.4 is 15.8 Å². The maximum Gasteiger partial charge on any atom is 0.189 e. The number of rotatable bonds is 4. The quantitative estimate of drug-likeness (QED) is 0.554. The van der Waals surface area contributed by atoms with Crippen LogP contribution in [0.5, 0.6) is 5.75 Å². The summed E-state index contributed by atoms with van der Waals surface area (Å²) in [5, 5.41) is 13.4. The Hall–Kier alpha value is -2.05. The summed E-state index contributed by atoms with van der Waals surface area (Å²) in [6, 6.07) is 15.5. The number of para-hydroxylation sites is 1. The first kappa shape index (κ1) is 16.8. The Kier molecular flexibility index (Phi) is 5.37. The van der Waals surface area contributed by atoms with Gasteiger partial charge in [-0.3, -0.25) is 4.99 Å². The van der Waals surface area contributed by atoms with Gasteiger partial charge in [0.15, 0.2) is 5.96 Å². The predicted octanol–water partition coefficient (Wildman–Crippen LogP) is 2.91. The zero-order chi connectivity index (χ0) is 16.9. The molecule has 0 radical (unpaired) electrons. The molecule has 1 aliphatic heterocycles. The number of aliphatic hydroxyl groups is 1. The number of ether oxygens (including phenoxy) is 1. The average Bonchev–Trinajstić information content (AvgIpc) is 2.60. The van der Waals surface area contributed by atoms with Crippen molar-refractivity contribution >= 4 is 21.9 Å². The first-order valence-electron chi connectivity index (χ1n) is 7.85. The van der Waals surface area contributed by atoms with Crippen molar-refractivity contribution in [2.45, 2.75) is 18.6 Å². The Morgan fingerprint density at radius 3 is 3.00 bits per heavy atom. The van der Waals surface area contributed by atoms with Crippen LogP contribution in [-0.2, 0) is 0 Å². The number of fused-ring (bicyclic) bond motifs is 1. The lowest BCUT2D eigenvalue weighted by atomic mass is 10.0. The van der Waals surface area contributed by atoms with E-state index in [4.69, 9.17) is 10.5 Å². The largest absolute Gasteiger partial charge is 0.493 e. The van der Waals surface area contributed by atoms with Crippen LogP contribution in [0.4, 0.5) is 0 Å². The van der Waals surface area contributed by atoms with Crippen LogP contribution in [-0.4, -0.2) is 24.2 Å². The fraction of sp³-hybridized carbons (Fsp3) is 0.278. The lowest BCUT2D eigenvalue weighted by Gasteiger charge is -2.27. The number of aliphatic imine (C=N–C) groups is 1. The Morgan fingerprint density at radius 2 is 2.17 bits per heavy atom. The molecular weight excluding hydrogens is 370 g/mol. The SMILES string of the molecule is NC(=NC[C@@H](O)c1cccc(Br)c1)NC1CCOc2ccccc21. The molecule has 0 aromatic heterocycles. The normalized spacial score (nSPS) is 18.4. The topological polar surface area (TPSA) is 79.9 Å². The summed E-state index contributed by atoms with van der Waals surface area (Å²) in [6.07, 6.45) is 0.131. The Balaban J connectivity index is 1.63. The van der Waals surface area contributed by atoms with Gasteiger partial charge in [0.05, 0.1) is 25.3 Å². The summed E-state index contributed by atoms with van der Waals surface area (Å²) in [5.41, 5.74) is 7.88. The van der Waals surface area contributed by atoms with Crippen molar-refractivity contribution in [3.8, 4) is 5.75 Å². The number of hydrogen-bond acceptors (Lipinski definition) is 3. The van der Waals surface area contributed by atoms with Crippen molar-refractivity contribution in [1.82, 2.24) is 5.32 Å². The summed E-state index contributed by atoms with van der Waals surface area (Å²) in [5.74, 6) is 1.20. The number of nitrogens with one attached hydrogen (secondary N) is 1. The highest BCUT2D eigenvalue weighted by atomic mass is 79.9. The van der Waals surface area contributed by atoms with Gasteiger partial charge >= 0.3 is 0 Å². The molecule has 2 aromatic carbocycles. The molecule has 0 saturated heterocycles. The molecule has 2 atom stereocenters. The van der Waals surface area contributed by atoms with Gasteiger partial charge in [0.1, 0.15) is 5.75 Å². The van der Waals surface area contributed by atoms with E-state index in [-0.39, 0.29) is 12.6 Å². The molecule has 0 amide bonds. The summed E-state index contributed by atoms with van der Waals surface area (Å²) >= 11 is 3.40. The van der Waals surface area contributed by atoms with Crippen LogP contribution in [0.15, 0.2) is 58.0 Å². The van der Waals surface area contributed by atoms with Gasteiger partial charge in [-0.2, -0.15) is 0 Å². The second-order valence-corrected chi connectivity index (χ2v) is 6.58. The van der Waals surface area contributed by atoms with E-state index in [0.29, 0.717) is 12.6 Å². The first-order chi connectivity index (χ1) is 11.6. The molecule has 5 nitrogen and oxygen atoms in total. The van der Waals surface area contributed by atoms with Gasteiger partial charge in [-0.25, -0.2) is 0 Å². The van der Waals surface area contributed by atoms with Crippen LogP contribution in [0.1, 0.15) is 29.7 Å². The van der Waals surface area contributed by atoms with Crippen molar-refractivity contribution in [2.24, 2.45) is 10.7 Å². The van der Waals surface area contributed by atoms with Crippen LogP contribution >= 0.6 is 15.9 Å². The van der Waals surface area contributed by atoms with E-state index in [1.54, 1.807) is 0 Å². The molecule has 0 spiro atoms. The van der Waals surface area contributed by atoms with Gasteiger partial charge in [-0.1, -0.05) is 46.3 Å². The molecule has 0 aliphatic carbocycles. The molecule has 2 aromatic rings. The minimum atomic E-state index is -0.690. The number of nitrogens with two attached hydrogens (primary N) is 1. The lowest BCUT2D eigenvalue weighted by molar-refractivity contribution is 0.187. The van der Waals surface area contributed by atoms with Crippen molar-refractivity contribution in [1.29, 1.82) is 0 Å². The summed E-state index contributed by atoms with van der Waals surface area (Å²) in [4.78, 5) is 4.27. The molecule has 1 heterocycles. The van der Waals surface area contributed by atoms with E-state index in [1.165, 1.54) is 0 Å². The zero-order valence-electron chi connectivity index (χ0n) is 13.2. The number of nitrogens with zero attached hydrogens (tertiary/aromatic N) is 1. The van der Waals surface area contributed by atoms with Crippen LogP contribution in [0.25, 0.3) is 0 Å². The number of halogens is 1. The minimum Gasteiger partial charge on any atom is -0.493 e. The third kappa shape index (κ3) is 4.07. The van der Waals surface area contributed by atoms with E-state index in [0.717, 1.165) is 27.8 Å². The highest BCUT2D eigenvalue weighted by Crippen LogP contribution is 2.31. The van der Waals surface area contributed by atoms with Gasteiger partial charge in [-0.15, -0.1) is 0 Å². The molecule has 126 valence electrons. The molecule has 24 heavy (non-hydrogen) atoms. The molecule has 0 bridgehead atoms. The summed E-state index contributed by atoms with van der Waals surface area (Å²) in [7, 11) is 0. The van der Waals surface area contributed by atoms with Gasteiger partial charge in [0.2, 0.25) is 0 Å². The van der Waals surface area contributed by atoms with Gasteiger partial charge in [-0.05, 0) is 23.8 Å². The first-order valence-corrected chi connectivity index (χ1v) is 8.64. The smallest absolute Gasteiger partial charge is 0.189 e. The van der Waals surface area contributed by atoms with Crippen LogP contribution in [0, 0.1) is 0 Å². The number of aliphatic hydroxyl groups excluding tert-OH is 1. The monoisotopic (exact) mass is 389 g/mol. The second kappa shape index (κ2) is 7.68. The standard InChI is InChI=1S/C18H20BrN3O2/c19-13-5-3-4-12(10-13)16(23)11-21-18(20)22-15-8-9-24-17-7-2-1-6-14(15)17/h1-7,10,15-16,23H,8-9,11H2,(H3,20,21,22)/t15?,16-/m1/s1. The molecule has 6 heteroatoms. The number of guanidine groups is 1. The average molecular weight is 390 g/mol. The molecular formula is C18H20BrN3O2. The fourth-order valence-electron chi connectivity index (χ4n) is 2.72.